The maximum absolute atomic E-state index is 12.0. The molecule has 20 heavy (non-hydrogen) atoms. The number of carbonyl (C=O) groups excluding carboxylic acids is 1. The van der Waals surface area contributed by atoms with Crippen LogP contribution in [-0.4, -0.2) is 18.6 Å². The molecule has 1 aromatic carbocycles. The molecule has 1 aromatic rings. The predicted octanol–water partition coefficient (Wildman–Crippen LogP) is 3.28. The van der Waals surface area contributed by atoms with Crippen molar-refractivity contribution in [2.45, 2.75) is 31.9 Å². The highest BCUT2D eigenvalue weighted by Crippen LogP contribution is 2.22. The van der Waals surface area contributed by atoms with Crippen LogP contribution >= 0.6 is 12.4 Å². The highest BCUT2D eigenvalue weighted by Gasteiger charge is 2.26. The fourth-order valence-corrected chi connectivity index (χ4v) is 1.53. The summed E-state index contributed by atoms with van der Waals surface area (Å²) >= 11 is 0. The highest BCUT2D eigenvalue weighted by molar-refractivity contribution is 5.90. The van der Waals surface area contributed by atoms with E-state index in [0.717, 1.165) is 0 Å². The van der Waals surface area contributed by atoms with Gasteiger partial charge in [0.1, 0.15) is 0 Å². The number of nitrogens with one attached hydrogen (secondary N) is 1. The van der Waals surface area contributed by atoms with Gasteiger partial charge in [-0.25, -0.2) is 0 Å². The Labute approximate surface area is 122 Å². The minimum Gasteiger partial charge on any atom is -0.330 e. The number of carbonyl (C=O) groups is 1. The van der Waals surface area contributed by atoms with Gasteiger partial charge in [-0.15, -0.1) is 12.4 Å². The second kappa shape index (κ2) is 8.81. The van der Waals surface area contributed by atoms with Crippen molar-refractivity contribution in [3.8, 4) is 0 Å². The molecule has 3 N–H and O–H groups in total. The molecule has 0 saturated heterocycles. The number of anilines is 1. The molecule has 0 radical (unpaired) electrons. The second-order valence-electron chi connectivity index (χ2n) is 4.25. The van der Waals surface area contributed by atoms with Gasteiger partial charge in [0, 0.05) is 18.5 Å². The number of amides is 1. The van der Waals surface area contributed by atoms with Gasteiger partial charge in [-0.05, 0) is 37.1 Å². The zero-order valence-corrected chi connectivity index (χ0v) is 11.7. The van der Waals surface area contributed by atoms with E-state index in [2.05, 4.69) is 5.32 Å². The van der Waals surface area contributed by atoms with E-state index in [1.807, 2.05) is 0 Å². The monoisotopic (exact) mass is 310 g/mol. The minimum absolute atomic E-state index is 0. The van der Waals surface area contributed by atoms with Crippen LogP contribution in [0.2, 0.25) is 0 Å². The largest absolute Gasteiger partial charge is 0.389 e. The van der Waals surface area contributed by atoms with Crippen LogP contribution < -0.4 is 11.1 Å². The maximum Gasteiger partial charge on any atom is 0.389 e. The van der Waals surface area contributed by atoms with Crippen molar-refractivity contribution in [3.63, 3.8) is 0 Å². The van der Waals surface area contributed by atoms with E-state index in [4.69, 9.17) is 5.73 Å². The van der Waals surface area contributed by atoms with Gasteiger partial charge in [-0.2, -0.15) is 13.2 Å². The van der Waals surface area contributed by atoms with E-state index in [0.29, 0.717) is 30.6 Å². The zero-order chi connectivity index (χ0) is 14.3. The Morgan fingerprint density at radius 2 is 1.80 bits per heavy atom. The normalized spacial score (nSPS) is 10.8. The molecule has 0 aliphatic heterocycles. The fourth-order valence-electron chi connectivity index (χ4n) is 1.53. The summed E-state index contributed by atoms with van der Waals surface area (Å²) in [5.41, 5.74) is 6.46. The summed E-state index contributed by atoms with van der Waals surface area (Å²) in [6.45, 7) is 0.448. The summed E-state index contributed by atoms with van der Waals surface area (Å²) in [6, 6.07) is 6.38. The third-order valence-electron chi connectivity index (χ3n) is 2.54. The maximum atomic E-state index is 12.0. The van der Waals surface area contributed by atoms with Gasteiger partial charge in [0.15, 0.2) is 0 Å². The first-order valence-electron chi connectivity index (χ1n) is 6.06. The van der Waals surface area contributed by atoms with Gasteiger partial charge in [-0.1, -0.05) is 12.1 Å². The fraction of sp³-hybridized carbons (Fsp3) is 0.462. The van der Waals surface area contributed by atoms with Crippen molar-refractivity contribution >= 4 is 24.0 Å². The molecule has 0 atom stereocenters. The number of hydrogen-bond donors (Lipinski definition) is 2. The summed E-state index contributed by atoms with van der Waals surface area (Å²) in [5.74, 6) is -0.145. The van der Waals surface area contributed by atoms with Crippen LogP contribution in [0.5, 0.6) is 0 Å². The van der Waals surface area contributed by atoms with Gasteiger partial charge in [0.25, 0.3) is 0 Å². The topological polar surface area (TPSA) is 55.1 Å². The van der Waals surface area contributed by atoms with Gasteiger partial charge in [-0.3, -0.25) is 4.79 Å². The molecule has 0 spiro atoms. The molecule has 7 heteroatoms. The molecule has 0 bridgehead atoms. The molecular formula is C13H18ClF3N2O. The van der Waals surface area contributed by atoms with Crippen LogP contribution in [0.15, 0.2) is 24.3 Å². The minimum atomic E-state index is -4.14. The van der Waals surface area contributed by atoms with Crippen molar-refractivity contribution in [1.82, 2.24) is 0 Å². The molecule has 0 aliphatic carbocycles. The number of nitrogens with two attached hydrogens (primary N) is 1. The predicted molar refractivity (Wildman–Crippen MR) is 75.0 cm³/mol. The number of benzene rings is 1. The van der Waals surface area contributed by atoms with E-state index in [-0.39, 0.29) is 24.7 Å². The van der Waals surface area contributed by atoms with Crippen LogP contribution in [0, 0.1) is 0 Å². The average Bonchev–Trinajstić information content (AvgIpc) is 2.34. The van der Waals surface area contributed by atoms with Crippen LogP contribution in [0.25, 0.3) is 0 Å². The average molecular weight is 311 g/mol. The molecule has 0 unspecified atom stereocenters. The standard InChI is InChI=1S/C13H17F3N2O.ClH/c14-13(15,16)8-7-10-3-5-11(6-4-10)18-12(19)2-1-9-17;/h3-6H,1-2,7-9,17H2,(H,18,19);1H. The molecule has 0 saturated carbocycles. The third kappa shape index (κ3) is 8.01. The molecule has 1 rings (SSSR count). The Kier molecular flexibility index (Phi) is 8.25. The van der Waals surface area contributed by atoms with Crippen LogP contribution in [-0.2, 0) is 11.2 Å². The number of aryl methyl sites for hydroxylation is 1. The van der Waals surface area contributed by atoms with E-state index in [1.54, 1.807) is 24.3 Å². The molecule has 3 nitrogen and oxygen atoms in total. The van der Waals surface area contributed by atoms with Gasteiger partial charge >= 0.3 is 6.18 Å². The molecular weight excluding hydrogens is 293 g/mol. The smallest absolute Gasteiger partial charge is 0.330 e. The summed E-state index contributed by atoms with van der Waals surface area (Å²) in [6.07, 6.45) is -4.09. The highest BCUT2D eigenvalue weighted by atomic mass is 35.5. The molecule has 0 heterocycles. The molecule has 0 aromatic heterocycles. The molecule has 0 aliphatic rings. The first-order chi connectivity index (χ1) is 8.90. The summed E-state index contributed by atoms with van der Waals surface area (Å²) < 4.78 is 36.1. The molecule has 114 valence electrons. The van der Waals surface area contributed by atoms with Gasteiger partial charge in [0.05, 0.1) is 0 Å². The van der Waals surface area contributed by atoms with Crippen molar-refractivity contribution in [1.29, 1.82) is 0 Å². The van der Waals surface area contributed by atoms with E-state index >= 15 is 0 Å². The van der Waals surface area contributed by atoms with Crippen molar-refractivity contribution in [2.24, 2.45) is 5.73 Å². The summed E-state index contributed by atoms with van der Waals surface area (Å²) in [5, 5.41) is 2.66. The summed E-state index contributed by atoms with van der Waals surface area (Å²) in [7, 11) is 0. The lowest BCUT2D eigenvalue weighted by molar-refractivity contribution is -0.134. The van der Waals surface area contributed by atoms with Crippen molar-refractivity contribution < 1.29 is 18.0 Å². The van der Waals surface area contributed by atoms with Gasteiger partial charge in [0.2, 0.25) is 5.91 Å². The quantitative estimate of drug-likeness (QED) is 0.847. The molecule has 1 amide bonds. The second-order valence-corrected chi connectivity index (χ2v) is 4.25. The number of hydrogen-bond acceptors (Lipinski definition) is 2. The Hall–Kier alpha value is -1.27. The van der Waals surface area contributed by atoms with E-state index in [1.165, 1.54) is 0 Å². The Bertz CT molecular complexity index is 407. The first kappa shape index (κ1) is 18.7. The van der Waals surface area contributed by atoms with E-state index in [9.17, 15) is 18.0 Å². The Balaban J connectivity index is 0.00000361. The van der Waals surface area contributed by atoms with Crippen LogP contribution in [0.1, 0.15) is 24.8 Å². The SMILES string of the molecule is Cl.NCCCC(=O)Nc1ccc(CCC(F)(F)F)cc1. The lowest BCUT2D eigenvalue weighted by atomic mass is 10.1. The Morgan fingerprint density at radius 1 is 1.20 bits per heavy atom. The third-order valence-corrected chi connectivity index (χ3v) is 2.54. The Morgan fingerprint density at radius 3 is 2.30 bits per heavy atom. The number of rotatable bonds is 6. The summed E-state index contributed by atoms with van der Waals surface area (Å²) in [4.78, 5) is 11.4. The van der Waals surface area contributed by atoms with Crippen LogP contribution in [0.3, 0.4) is 0 Å². The zero-order valence-electron chi connectivity index (χ0n) is 10.9. The number of halogens is 4. The number of alkyl halides is 3. The van der Waals surface area contributed by atoms with Crippen molar-refractivity contribution in [3.05, 3.63) is 29.8 Å². The van der Waals surface area contributed by atoms with Crippen molar-refractivity contribution in [2.75, 3.05) is 11.9 Å². The van der Waals surface area contributed by atoms with Crippen LogP contribution in [0.4, 0.5) is 18.9 Å². The first-order valence-corrected chi connectivity index (χ1v) is 6.06. The van der Waals surface area contributed by atoms with E-state index < -0.39 is 12.6 Å². The molecule has 0 fully saturated rings. The van der Waals surface area contributed by atoms with Gasteiger partial charge < -0.3 is 11.1 Å². The lowest BCUT2D eigenvalue weighted by Gasteiger charge is -2.08. The lowest BCUT2D eigenvalue weighted by Crippen LogP contribution is -2.13.